The minimum Gasteiger partial charge on any atom is -0.381 e. The number of amides is 2. The van der Waals surface area contributed by atoms with Crippen LogP contribution in [0.4, 0.5) is 4.79 Å². The Morgan fingerprint density at radius 3 is 2.38 bits per heavy atom. The van der Waals surface area contributed by atoms with Gasteiger partial charge in [-0.05, 0) is 77.2 Å². The average molecular weight is 360 g/mol. The second-order valence-corrected chi connectivity index (χ2v) is 8.94. The summed E-state index contributed by atoms with van der Waals surface area (Å²) in [4.78, 5) is 25.1. The third kappa shape index (κ3) is 2.63. The maximum atomic E-state index is 12.9. The number of allylic oxidation sites excluding steroid dienone is 2. The van der Waals surface area contributed by atoms with Crippen molar-refractivity contribution in [2.24, 2.45) is 5.41 Å². The maximum Gasteiger partial charge on any atom is 0.341 e. The zero-order valence-corrected chi connectivity index (χ0v) is 16.4. The van der Waals surface area contributed by atoms with E-state index in [-0.39, 0.29) is 12.3 Å². The fourth-order valence-electron chi connectivity index (χ4n) is 4.22. The van der Waals surface area contributed by atoms with Crippen molar-refractivity contribution in [3.05, 3.63) is 33.9 Å². The Bertz CT molecular complexity index is 789. The summed E-state index contributed by atoms with van der Waals surface area (Å²) in [6.45, 7) is 10.9. The summed E-state index contributed by atoms with van der Waals surface area (Å²) < 4.78 is 0. The second kappa shape index (κ2) is 5.54. The van der Waals surface area contributed by atoms with E-state index in [1.165, 1.54) is 0 Å². The third-order valence-corrected chi connectivity index (χ3v) is 5.89. The van der Waals surface area contributed by atoms with Crippen LogP contribution >= 0.6 is 0 Å². The Hall–Kier alpha value is -1.92. The molecule has 0 heterocycles. The number of hydrogen-bond donors (Lipinski definition) is 3. The topological polar surface area (TPSA) is 89.9 Å². The zero-order valence-electron chi connectivity index (χ0n) is 16.4. The van der Waals surface area contributed by atoms with E-state index in [0.29, 0.717) is 10.6 Å². The van der Waals surface area contributed by atoms with Crippen LogP contribution in [-0.2, 0) is 4.79 Å². The zero-order chi connectivity index (χ0) is 19.7. The van der Waals surface area contributed by atoms with Gasteiger partial charge in [-0.25, -0.2) is 9.86 Å². The summed E-state index contributed by atoms with van der Waals surface area (Å²) in [6.07, 6.45) is 3.30. The smallest absolute Gasteiger partial charge is 0.341 e. The maximum absolute atomic E-state index is 12.9. The highest BCUT2D eigenvalue weighted by Gasteiger charge is 2.65. The Morgan fingerprint density at radius 1 is 1.31 bits per heavy atom. The Morgan fingerprint density at radius 2 is 1.88 bits per heavy atom. The van der Waals surface area contributed by atoms with Crippen molar-refractivity contribution in [2.45, 2.75) is 65.5 Å². The van der Waals surface area contributed by atoms with E-state index in [0.717, 1.165) is 35.1 Å². The van der Waals surface area contributed by atoms with E-state index in [4.69, 9.17) is 0 Å². The number of nitrogens with zero attached hydrogens (tertiary/aromatic N) is 1. The average Bonchev–Trinajstić information content (AvgIpc) is 3.25. The molecule has 2 amide bonds. The van der Waals surface area contributed by atoms with Crippen molar-refractivity contribution >= 4 is 11.8 Å². The molecular formula is C20H28N2O4. The lowest BCUT2D eigenvalue weighted by Crippen LogP contribution is -2.50. The highest BCUT2D eigenvalue weighted by atomic mass is 16.5. The number of ketones is 1. The van der Waals surface area contributed by atoms with E-state index in [2.05, 4.69) is 5.32 Å². The Labute approximate surface area is 154 Å². The molecular weight excluding hydrogens is 332 g/mol. The van der Waals surface area contributed by atoms with E-state index in [9.17, 15) is 19.9 Å². The molecule has 0 aliphatic heterocycles. The van der Waals surface area contributed by atoms with Gasteiger partial charge in [-0.1, -0.05) is 5.57 Å². The van der Waals surface area contributed by atoms with E-state index >= 15 is 0 Å². The number of hydroxylamine groups is 2. The first-order valence-electron chi connectivity index (χ1n) is 9.01. The molecule has 0 aromatic rings. The normalized spacial score (nSPS) is 26.9. The fourth-order valence-corrected chi connectivity index (χ4v) is 4.22. The van der Waals surface area contributed by atoms with Gasteiger partial charge in [0.05, 0.1) is 6.54 Å². The summed E-state index contributed by atoms with van der Waals surface area (Å²) in [5, 5.41) is 24.5. The molecule has 0 saturated heterocycles. The molecule has 1 fully saturated rings. The first-order valence-corrected chi connectivity index (χ1v) is 9.01. The molecule has 3 aliphatic carbocycles. The molecule has 0 unspecified atom stereocenters. The SMILES string of the molecule is CC1=C(CN(O)C(=O)NC(C)(C)C)C2=C(C)C3(CC3)[C@@](C)(O)C(=O)C2=C1. The van der Waals surface area contributed by atoms with Gasteiger partial charge in [0.25, 0.3) is 0 Å². The number of rotatable bonds is 2. The highest BCUT2D eigenvalue weighted by Crippen LogP contribution is 2.64. The number of fused-ring (bicyclic) bond motifs is 1. The quantitative estimate of drug-likeness (QED) is 0.522. The lowest BCUT2D eigenvalue weighted by atomic mass is 9.67. The van der Waals surface area contributed by atoms with Crippen LogP contribution < -0.4 is 5.32 Å². The molecule has 6 heteroatoms. The molecule has 0 aromatic carbocycles. The molecule has 3 N–H and O–H groups in total. The highest BCUT2D eigenvalue weighted by molar-refractivity contribution is 6.10. The molecule has 6 nitrogen and oxygen atoms in total. The molecule has 3 rings (SSSR count). The van der Waals surface area contributed by atoms with Crippen molar-refractivity contribution in [3.63, 3.8) is 0 Å². The molecule has 1 spiro atoms. The van der Waals surface area contributed by atoms with Gasteiger partial charge in [-0.3, -0.25) is 10.0 Å². The predicted octanol–water partition coefficient (Wildman–Crippen LogP) is 2.87. The van der Waals surface area contributed by atoms with Gasteiger partial charge in [0, 0.05) is 16.5 Å². The number of hydrogen-bond acceptors (Lipinski definition) is 4. The third-order valence-electron chi connectivity index (χ3n) is 5.89. The van der Waals surface area contributed by atoms with Gasteiger partial charge in [-0.2, -0.15) is 0 Å². The second-order valence-electron chi connectivity index (χ2n) is 8.94. The van der Waals surface area contributed by atoms with Crippen molar-refractivity contribution in [2.75, 3.05) is 6.54 Å². The van der Waals surface area contributed by atoms with Crippen LogP contribution in [0.2, 0.25) is 0 Å². The van der Waals surface area contributed by atoms with Crippen molar-refractivity contribution in [1.82, 2.24) is 10.4 Å². The molecule has 26 heavy (non-hydrogen) atoms. The first kappa shape index (κ1) is 18.9. The van der Waals surface area contributed by atoms with Gasteiger partial charge in [0.1, 0.15) is 5.60 Å². The number of aliphatic hydroxyl groups is 1. The summed E-state index contributed by atoms with van der Waals surface area (Å²) in [5.41, 5.74) is 1.47. The van der Waals surface area contributed by atoms with Crippen molar-refractivity contribution in [3.8, 4) is 0 Å². The minimum absolute atomic E-state index is 0.00801. The number of urea groups is 1. The molecule has 1 saturated carbocycles. The van der Waals surface area contributed by atoms with Gasteiger partial charge in [0.15, 0.2) is 5.78 Å². The molecule has 3 aliphatic rings. The van der Waals surface area contributed by atoms with E-state index in [1.54, 1.807) is 13.0 Å². The van der Waals surface area contributed by atoms with Crippen LogP contribution in [0.25, 0.3) is 0 Å². The van der Waals surface area contributed by atoms with E-state index in [1.807, 2.05) is 34.6 Å². The van der Waals surface area contributed by atoms with Crippen LogP contribution in [0.3, 0.4) is 0 Å². The van der Waals surface area contributed by atoms with Gasteiger partial charge in [0.2, 0.25) is 0 Å². The van der Waals surface area contributed by atoms with Gasteiger partial charge >= 0.3 is 6.03 Å². The number of Topliss-reactive ketones (excluding diaryl/α,β-unsaturated/α-hetero) is 1. The van der Waals surface area contributed by atoms with Gasteiger partial charge < -0.3 is 10.4 Å². The van der Waals surface area contributed by atoms with Crippen molar-refractivity contribution < 1.29 is 19.9 Å². The van der Waals surface area contributed by atoms with Crippen LogP contribution in [0.15, 0.2) is 33.9 Å². The van der Waals surface area contributed by atoms with Crippen LogP contribution in [-0.4, -0.2) is 44.9 Å². The monoisotopic (exact) mass is 360 g/mol. The fraction of sp³-hybridized carbons (Fsp3) is 0.600. The summed E-state index contributed by atoms with van der Waals surface area (Å²) in [5.74, 6) is -0.270. The van der Waals surface area contributed by atoms with Gasteiger partial charge in [-0.15, -0.1) is 0 Å². The molecule has 0 bridgehead atoms. The summed E-state index contributed by atoms with van der Waals surface area (Å²) in [7, 11) is 0. The molecule has 1 atom stereocenters. The Balaban J connectivity index is 1.93. The standard InChI is InChI=1S/C20H28N2O4/c1-11-9-13-15(12(2)20(7-8-20)19(6,25)16(13)23)14(11)10-22(26)17(24)21-18(3,4)5/h9,25-26H,7-8,10H2,1-6H3,(H,21,24)/t19-/m0/s1. The first-order chi connectivity index (χ1) is 11.8. The van der Waals surface area contributed by atoms with E-state index < -0.39 is 22.6 Å². The number of nitrogens with one attached hydrogen (secondary N) is 1. The minimum atomic E-state index is -1.40. The lowest BCUT2D eigenvalue weighted by Gasteiger charge is -2.39. The summed E-state index contributed by atoms with van der Waals surface area (Å²) in [6, 6.07) is -0.584. The van der Waals surface area contributed by atoms with Crippen LogP contribution in [0, 0.1) is 5.41 Å². The van der Waals surface area contributed by atoms with Crippen molar-refractivity contribution in [1.29, 1.82) is 0 Å². The largest absolute Gasteiger partial charge is 0.381 e. The predicted molar refractivity (Wildman–Crippen MR) is 97.6 cm³/mol. The lowest BCUT2D eigenvalue weighted by molar-refractivity contribution is -0.137. The molecule has 142 valence electrons. The molecule has 0 radical (unpaired) electrons. The number of carbonyl (C=O) groups excluding carboxylic acids is 2. The number of carbonyl (C=O) groups is 2. The van der Waals surface area contributed by atoms with Crippen LogP contribution in [0.1, 0.15) is 54.4 Å². The van der Waals surface area contributed by atoms with Crippen LogP contribution in [0.5, 0.6) is 0 Å². The molecule has 0 aromatic heterocycles. The Kier molecular flexibility index (Phi) is 4.02. The summed E-state index contributed by atoms with van der Waals surface area (Å²) >= 11 is 0.